The molecule has 90 valence electrons. The van der Waals surface area contributed by atoms with E-state index in [1.54, 1.807) is 30.5 Å². The molecule has 0 aliphatic heterocycles. The number of halogens is 1. The number of nitrogens with one attached hydrogen (secondary N) is 2. The van der Waals surface area contributed by atoms with Crippen molar-refractivity contribution in [3.8, 4) is 0 Å². The standard InChI is InChI=1S/C12H10FN5/c13-8-3-1-2-4-9(8)16-7-5-10-11(15-6-7)18-12(14)17-10/h1-6,16H,(H3,14,15,17,18). The number of nitrogens with two attached hydrogens (primary N) is 1. The average molecular weight is 243 g/mol. The fraction of sp³-hybridized carbons (Fsp3) is 0. The summed E-state index contributed by atoms with van der Waals surface area (Å²) in [5.74, 6) is -0.0118. The van der Waals surface area contributed by atoms with Crippen LogP contribution >= 0.6 is 0 Å². The van der Waals surface area contributed by atoms with Crippen molar-refractivity contribution in [3.63, 3.8) is 0 Å². The minimum absolute atomic E-state index is 0.306. The lowest BCUT2D eigenvalue weighted by atomic mass is 10.3. The Hall–Kier alpha value is -2.63. The molecule has 0 aliphatic rings. The van der Waals surface area contributed by atoms with Gasteiger partial charge in [0.15, 0.2) is 11.6 Å². The molecule has 3 aromatic rings. The fourth-order valence-electron chi connectivity index (χ4n) is 1.71. The highest BCUT2D eigenvalue weighted by molar-refractivity contribution is 5.78. The lowest BCUT2D eigenvalue weighted by Crippen LogP contribution is -1.94. The third-order valence-electron chi connectivity index (χ3n) is 2.51. The van der Waals surface area contributed by atoms with Crippen LogP contribution in [-0.4, -0.2) is 15.0 Å². The number of rotatable bonds is 2. The van der Waals surface area contributed by atoms with Crippen LogP contribution < -0.4 is 11.1 Å². The molecule has 6 heteroatoms. The summed E-state index contributed by atoms with van der Waals surface area (Å²) < 4.78 is 13.5. The second kappa shape index (κ2) is 3.99. The van der Waals surface area contributed by atoms with E-state index in [9.17, 15) is 4.39 Å². The Morgan fingerprint density at radius 3 is 2.94 bits per heavy atom. The van der Waals surface area contributed by atoms with E-state index in [4.69, 9.17) is 5.73 Å². The van der Waals surface area contributed by atoms with Crippen LogP contribution in [0.5, 0.6) is 0 Å². The fourth-order valence-corrected chi connectivity index (χ4v) is 1.71. The molecule has 0 atom stereocenters. The van der Waals surface area contributed by atoms with Crippen LogP contribution in [0.15, 0.2) is 36.5 Å². The van der Waals surface area contributed by atoms with Crippen molar-refractivity contribution in [2.24, 2.45) is 0 Å². The van der Waals surface area contributed by atoms with Crippen molar-refractivity contribution in [3.05, 3.63) is 42.3 Å². The molecule has 0 saturated heterocycles. The summed E-state index contributed by atoms with van der Waals surface area (Å²) in [5.41, 5.74) is 7.82. The zero-order valence-electron chi connectivity index (χ0n) is 9.31. The van der Waals surface area contributed by atoms with Crippen molar-refractivity contribution in [1.29, 1.82) is 0 Å². The Balaban J connectivity index is 1.97. The van der Waals surface area contributed by atoms with E-state index in [0.717, 1.165) is 0 Å². The normalized spacial score (nSPS) is 10.7. The third-order valence-corrected chi connectivity index (χ3v) is 2.51. The van der Waals surface area contributed by atoms with Gasteiger partial charge in [-0.25, -0.2) is 9.37 Å². The Morgan fingerprint density at radius 1 is 1.28 bits per heavy atom. The first-order valence-electron chi connectivity index (χ1n) is 5.35. The number of aromatic amines is 1. The first-order valence-corrected chi connectivity index (χ1v) is 5.35. The quantitative estimate of drug-likeness (QED) is 0.645. The number of fused-ring (bicyclic) bond motifs is 1. The lowest BCUT2D eigenvalue weighted by Gasteiger charge is -2.06. The van der Waals surface area contributed by atoms with Gasteiger partial charge in [-0.15, -0.1) is 0 Å². The maximum Gasteiger partial charge on any atom is 0.200 e. The maximum absolute atomic E-state index is 13.5. The topological polar surface area (TPSA) is 79.6 Å². The number of aromatic nitrogens is 3. The molecule has 0 radical (unpaired) electrons. The van der Waals surface area contributed by atoms with Crippen LogP contribution in [0, 0.1) is 5.82 Å². The van der Waals surface area contributed by atoms with Gasteiger partial charge in [-0.2, -0.15) is 4.98 Å². The van der Waals surface area contributed by atoms with Gasteiger partial charge in [0.2, 0.25) is 0 Å². The van der Waals surface area contributed by atoms with E-state index >= 15 is 0 Å². The molecule has 2 aromatic heterocycles. The number of benzene rings is 1. The smallest absolute Gasteiger partial charge is 0.200 e. The Bertz CT molecular complexity index is 707. The Morgan fingerprint density at radius 2 is 2.11 bits per heavy atom. The second-order valence-corrected chi connectivity index (χ2v) is 3.82. The van der Waals surface area contributed by atoms with Gasteiger partial charge >= 0.3 is 0 Å². The summed E-state index contributed by atoms with van der Waals surface area (Å²) in [6.45, 7) is 0. The number of hydrogen-bond donors (Lipinski definition) is 3. The largest absolute Gasteiger partial charge is 0.369 e. The molecular weight excluding hydrogens is 233 g/mol. The van der Waals surface area contributed by atoms with Crippen LogP contribution in [0.4, 0.5) is 21.7 Å². The summed E-state index contributed by atoms with van der Waals surface area (Å²) in [7, 11) is 0. The molecule has 2 heterocycles. The molecule has 0 amide bonds. The van der Waals surface area contributed by atoms with Gasteiger partial charge in [0.25, 0.3) is 0 Å². The summed E-state index contributed by atoms with van der Waals surface area (Å²) in [6.07, 6.45) is 1.58. The van der Waals surface area contributed by atoms with E-state index in [2.05, 4.69) is 20.3 Å². The van der Waals surface area contributed by atoms with Crippen molar-refractivity contribution in [2.45, 2.75) is 0 Å². The highest BCUT2D eigenvalue weighted by Gasteiger charge is 2.05. The molecule has 5 nitrogen and oxygen atoms in total. The first-order chi connectivity index (χ1) is 8.72. The number of H-pyrrole nitrogens is 1. The number of pyridine rings is 1. The monoisotopic (exact) mass is 243 g/mol. The van der Waals surface area contributed by atoms with E-state index < -0.39 is 0 Å². The van der Waals surface area contributed by atoms with Gasteiger partial charge in [-0.3, -0.25) is 0 Å². The van der Waals surface area contributed by atoms with Crippen LogP contribution in [0.2, 0.25) is 0 Å². The molecule has 18 heavy (non-hydrogen) atoms. The SMILES string of the molecule is Nc1nc2ncc(Nc3ccccc3F)cc2[nH]1. The molecule has 0 saturated carbocycles. The Kier molecular flexibility index (Phi) is 2.33. The molecule has 4 N–H and O–H groups in total. The van der Waals surface area contributed by atoms with Gasteiger partial charge in [0, 0.05) is 0 Å². The lowest BCUT2D eigenvalue weighted by molar-refractivity contribution is 0.632. The van der Waals surface area contributed by atoms with Gasteiger partial charge in [0.05, 0.1) is 23.1 Å². The predicted molar refractivity (Wildman–Crippen MR) is 68.0 cm³/mol. The zero-order valence-corrected chi connectivity index (χ0v) is 9.31. The van der Waals surface area contributed by atoms with Crippen LogP contribution in [-0.2, 0) is 0 Å². The van der Waals surface area contributed by atoms with E-state index in [0.29, 0.717) is 28.5 Å². The van der Waals surface area contributed by atoms with Crippen molar-refractivity contribution >= 4 is 28.5 Å². The van der Waals surface area contributed by atoms with Gasteiger partial charge < -0.3 is 16.0 Å². The highest BCUT2D eigenvalue weighted by atomic mass is 19.1. The summed E-state index contributed by atoms with van der Waals surface area (Å²) in [4.78, 5) is 11.0. The third kappa shape index (κ3) is 1.84. The van der Waals surface area contributed by atoms with Gasteiger partial charge in [0.1, 0.15) is 5.82 Å². The summed E-state index contributed by atoms with van der Waals surface area (Å²) >= 11 is 0. The number of nitrogens with zero attached hydrogens (tertiary/aromatic N) is 2. The van der Waals surface area contributed by atoms with E-state index in [1.165, 1.54) is 6.07 Å². The summed E-state index contributed by atoms with van der Waals surface area (Å²) in [5, 5.41) is 2.95. The molecule has 0 bridgehead atoms. The maximum atomic E-state index is 13.5. The van der Waals surface area contributed by atoms with E-state index in [1.807, 2.05) is 0 Å². The first kappa shape index (κ1) is 10.5. The van der Waals surface area contributed by atoms with Crippen LogP contribution in [0.3, 0.4) is 0 Å². The van der Waals surface area contributed by atoms with Crippen LogP contribution in [0.1, 0.15) is 0 Å². The predicted octanol–water partition coefficient (Wildman–Crippen LogP) is 2.42. The second-order valence-electron chi connectivity index (χ2n) is 3.82. The number of nitrogen functional groups attached to an aromatic ring is 1. The molecule has 1 aromatic carbocycles. The number of hydrogen-bond acceptors (Lipinski definition) is 4. The molecule has 3 rings (SSSR count). The number of anilines is 3. The van der Waals surface area contributed by atoms with Crippen LogP contribution in [0.25, 0.3) is 11.2 Å². The highest BCUT2D eigenvalue weighted by Crippen LogP contribution is 2.21. The van der Waals surface area contributed by atoms with Crippen molar-refractivity contribution in [1.82, 2.24) is 15.0 Å². The minimum Gasteiger partial charge on any atom is -0.369 e. The number of para-hydroxylation sites is 1. The van der Waals surface area contributed by atoms with Gasteiger partial charge in [-0.05, 0) is 18.2 Å². The minimum atomic E-state index is -0.318. The average Bonchev–Trinajstić information content (AvgIpc) is 2.71. The molecule has 0 fully saturated rings. The van der Waals surface area contributed by atoms with Crippen molar-refractivity contribution < 1.29 is 4.39 Å². The molecule has 0 unspecified atom stereocenters. The molecule has 0 spiro atoms. The zero-order chi connectivity index (χ0) is 12.5. The molecule has 0 aliphatic carbocycles. The molecular formula is C12H10FN5. The van der Waals surface area contributed by atoms with E-state index in [-0.39, 0.29) is 5.82 Å². The van der Waals surface area contributed by atoms with Crippen molar-refractivity contribution in [2.75, 3.05) is 11.1 Å². The summed E-state index contributed by atoms with van der Waals surface area (Å²) in [6, 6.07) is 8.21. The number of imidazole rings is 1. The Labute approximate surface area is 102 Å². The van der Waals surface area contributed by atoms with Gasteiger partial charge in [-0.1, -0.05) is 12.1 Å².